The molecule has 0 aliphatic heterocycles. The molecule has 2 atom stereocenters. The van der Waals surface area contributed by atoms with Crippen molar-refractivity contribution in [2.45, 2.75) is 32.4 Å². The zero-order chi connectivity index (χ0) is 29.3. The largest absolute Gasteiger partial charge is 0.384 e. The van der Waals surface area contributed by atoms with E-state index in [4.69, 9.17) is 5.73 Å². The first-order valence-corrected chi connectivity index (χ1v) is 12.9. The summed E-state index contributed by atoms with van der Waals surface area (Å²) < 4.78 is 27.9. The minimum absolute atomic E-state index is 0.0534. The standard InChI is InChI=1S/C32H27F2N3O4/c1-17-27-13-21(24-12-9-23(33)15-29(24)34)7-10-25(27)30(39)26-11-8-22(14-28(17)26)32(40)36-16-19-3-5-20(6-4-19)31(35)37-41-18(2)38/h3-15,17,30,39H,16H2,1-2H3,(H2,35,37)(H,36,40)/t17-,30+/m1/s1. The molecule has 0 fully saturated rings. The molecular formula is C32H27F2N3O4. The van der Waals surface area contributed by atoms with Crippen LogP contribution in [0.25, 0.3) is 11.1 Å². The van der Waals surface area contributed by atoms with Crippen LogP contribution in [0.4, 0.5) is 8.78 Å². The predicted molar refractivity (Wildman–Crippen MR) is 150 cm³/mol. The van der Waals surface area contributed by atoms with Crippen LogP contribution in [0.5, 0.6) is 0 Å². The third-order valence-electron chi connectivity index (χ3n) is 7.18. The number of hydrogen-bond acceptors (Lipinski definition) is 5. The molecule has 0 saturated carbocycles. The summed E-state index contributed by atoms with van der Waals surface area (Å²) in [5, 5.41) is 17.6. The first kappa shape index (κ1) is 27.7. The Morgan fingerprint density at radius 3 is 2.24 bits per heavy atom. The lowest BCUT2D eigenvalue weighted by Gasteiger charge is -2.30. The number of carbonyl (C=O) groups is 2. The van der Waals surface area contributed by atoms with E-state index in [1.807, 2.05) is 13.0 Å². The van der Waals surface area contributed by atoms with Crippen molar-refractivity contribution in [3.63, 3.8) is 0 Å². The second-order valence-electron chi connectivity index (χ2n) is 9.87. The van der Waals surface area contributed by atoms with Crippen molar-refractivity contribution >= 4 is 17.7 Å². The highest BCUT2D eigenvalue weighted by Gasteiger charge is 2.30. The van der Waals surface area contributed by atoms with Crippen molar-refractivity contribution in [3.8, 4) is 11.1 Å². The molecule has 1 aliphatic carbocycles. The van der Waals surface area contributed by atoms with Gasteiger partial charge in [-0.3, -0.25) is 4.79 Å². The van der Waals surface area contributed by atoms with Crippen LogP contribution >= 0.6 is 0 Å². The van der Waals surface area contributed by atoms with Crippen LogP contribution in [-0.2, 0) is 16.2 Å². The number of nitrogens with two attached hydrogens (primary N) is 1. The second-order valence-corrected chi connectivity index (χ2v) is 9.87. The van der Waals surface area contributed by atoms with E-state index in [0.29, 0.717) is 27.8 Å². The lowest BCUT2D eigenvalue weighted by Crippen LogP contribution is -2.24. The number of halogens is 2. The van der Waals surface area contributed by atoms with Crippen LogP contribution in [-0.4, -0.2) is 22.8 Å². The number of aliphatic hydroxyl groups is 1. The Morgan fingerprint density at radius 2 is 1.56 bits per heavy atom. The lowest BCUT2D eigenvalue weighted by molar-refractivity contribution is -0.140. The summed E-state index contributed by atoms with van der Waals surface area (Å²) in [5.74, 6) is -2.32. The molecule has 0 aromatic heterocycles. The SMILES string of the molecule is CC(=O)O/N=C(/N)c1ccc(CNC(=O)c2ccc3c(c2)[C@H](C)c2cc(-c4ccc(F)cc4F)ccc2[C@@H]3O)cc1. The van der Waals surface area contributed by atoms with Crippen LogP contribution in [0.1, 0.15) is 69.6 Å². The summed E-state index contributed by atoms with van der Waals surface area (Å²) in [6.45, 7) is 3.44. The fourth-order valence-electron chi connectivity index (χ4n) is 5.01. The minimum Gasteiger partial charge on any atom is -0.384 e. The maximum absolute atomic E-state index is 14.5. The fraction of sp³-hybridized carbons (Fsp3) is 0.156. The minimum atomic E-state index is -0.907. The smallest absolute Gasteiger partial charge is 0.332 e. The van der Waals surface area contributed by atoms with E-state index in [1.165, 1.54) is 19.1 Å². The van der Waals surface area contributed by atoms with E-state index in [1.54, 1.807) is 54.6 Å². The van der Waals surface area contributed by atoms with Gasteiger partial charge in [0, 0.05) is 42.1 Å². The van der Waals surface area contributed by atoms with Gasteiger partial charge in [-0.25, -0.2) is 13.6 Å². The van der Waals surface area contributed by atoms with E-state index in [9.17, 15) is 23.5 Å². The highest BCUT2D eigenvalue weighted by Crippen LogP contribution is 2.43. The van der Waals surface area contributed by atoms with Gasteiger partial charge in [-0.1, -0.05) is 60.6 Å². The molecule has 4 aromatic carbocycles. The van der Waals surface area contributed by atoms with Crippen molar-refractivity contribution in [3.05, 3.63) is 129 Å². The lowest BCUT2D eigenvalue weighted by atomic mass is 9.76. The van der Waals surface area contributed by atoms with Crippen LogP contribution in [0, 0.1) is 11.6 Å². The number of amidine groups is 1. The summed E-state index contributed by atoms with van der Waals surface area (Å²) >= 11 is 0. The molecule has 4 aromatic rings. The van der Waals surface area contributed by atoms with Gasteiger partial charge < -0.3 is 21.0 Å². The van der Waals surface area contributed by atoms with Gasteiger partial charge in [0.15, 0.2) is 5.84 Å². The molecule has 1 aliphatic rings. The van der Waals surface area contributed by atoms with E-state index in [0.717, 1.165) is 22.8 Å². The Kier molecular flexibility index (Phi) is 7.63. The molecule has 0 bridgehead atoms. The summed E-state index contributed by atoms with van der Waals surface area (Å²) in [6, 6.07) is 20.9. The van der Waals surface area contributed by atoms with Gasteiger partial charge in [0.05, 0.1) is 0 Å². The molecule has 0 saturated heterocycles. The number of aliphatic hydroxyl groups excluding tert-OH is 1. The Hall–Kier alpha value is -4.89. The van der Waals surface area contributed by atoms with Gasteiger partial charge in [-0.15, -0.1) is 0 Å². The molecule has 4 N–H and O–H groups in total. The van der Waals surface area contributed by atoms with Crippen LogP contribution in [0.3, 0.4) is 0 Å². The summed E-state index contributed by atoms with van der Waals surface area (Å²) in [4.78, 5) is 28.5. The van der Waals surface area contributed by atoms with Crippen LogP contribution in [0.2, 0.25) is 0 Å². The molecule has 1 amide bonds. The third kappa shape index (κ3) is 5.71. The molecule has 0 spiro atoms. The van der Waals surface area contributed by atoms with Gasteiger partial charge in [-0.2, -0.15) is 0 Å². The Labute approximate surface area is 235 Å². The highest BCUT2D eigenvalue weighted by molar-refractivity contribution is 5.97. The first-order chi connectivity index (χ1) is 19.6. The van der Waals surface area contributed by atoms with Gasteiger partial charge in [0.1, 0.15) is 17.7 Å². The maximum Gasteiger partial charge on any atom is 0.332 e. The summed E-state index contributed by atoms with van der Waals surface area (Å²) in [5.41, 5.74) is 11.5. The van der Waals surface area contributed by atoms with Gasteiger partial charge in [-0.05, 0) is 57.6 Å². The molecule has 0 radical (unpaired) electrons. The monoisotopic (exact) mass is 555 g/mol. The van der Waals surface area contributed by atoms with E-state index >= 15 is 0 Å². The molecule has 9 heteroatoms. The number of nitrogens with one attached hydrogen (secondary N) is 1. The number of nitrogens with zero attached hydrogens (tertiary/aromatic N) is 1. The fourth-order valence-corrected chi connectivity index (χ4v) is 5.01. The van der Waals surface area contributed by atoms with Gasteiger partial charge in [0.2, 0.25) is 0 Å². The maximum atomic E-state index is 14.5. The summed E-state index contributed by atoms with van der Waals surface area (Å²) in [6.07, 6.45) is -0.907. The normalized spacial score (nSPS) is 16.0. The first-order valence-electron chi connectivity index (χ1n) is 12.9. The van der Waals surface area contributed by atoms with Crippen molar-refractivity contribution < 1.29 is 28.3 Å². The zero-order valence-corrected chi connectivity index (χ0v) is 22.3. The molecule has 5 rings (SSSR count). The average Bonchev–Trinajstić information content (AvgIpc) is 2.97. The van der Waals surface area contributed by atoms with Crippen molar-refractivity contribution in [1.82, 2.24) is 5.32 Å². The van der Waals surface area contributed by atoms with E-state index in [-0.39, 0.29) is 29.8 Å². The Bertz CT molecular complexity index is 1690. The molecule has 41 heavy (non-hydrogen) atoms. The van der Waals surface area contributed by atoms with E-state index < -0.39 is 23.7 Å². The second kappa shape index (κ2) is 11.3. The number of amides is 1. The average molecular weight is 556 g/mol. The number of carbonyl (C=O) groups excluding carboxylic acids is 2. The van der Waals surface area contributed by atoms with Crippen molar-refractivity contribution in [1.29, 1.82) is 0 Å². The number of hydrogen-bond donors (Lipinski definition) is 3. The molecular weight excluding hydrogens is 528 g/mol. The molecule has 0 heterocycles. The quantitative estimate of drug-likeness (QED) is 0.129. The molecule has 7 nitrogen and oxygen atoms in total. The number of rotatable bonds is 6. The Morgan fingerprint density at radius 1 is 0.902 bits per heavy atom. The number of fused-ring (bicyclic) bond motifs is 2. The predicted octanol–water partition coefficient (Wildman–Crippen LogP) is 5.29. The zero-order valence-electron chi connectivity index (χ0n) is 22.3. The highest BCUT2D eigenvalue weighted by atomic mass is 19.1. The summed E-state index contributed by atoms with van der Waals surface area (Å²) in [7, 11) is 0. The van der Waals surface area contributed by atoms with Crippen LogP contribution < -0.4 is 11.1 Å². The topological polar surface area (TPSA) is 114 Å². The van der Waals surface area contributed by atoms with Crippen molar-refractivity contribution in [2.24, 2.45) is 10.9 Å². The van der Waals surface area contributed by atoms with Gasteiger partial charge in [0.25, 0.3) is 5.91 Å². The van der Waals surface area contributed by atoms with Crippen molar-refractivity contribution in [2.75, 3.05) is 0 Å². The number of benzene rings is 4. The third-order valence-corrected chi connectivity index (χ3v) is 7.18. The molecule has 0 unspecified atom stereocenters. The number of oxime groups is 1. The van der Waals surface area contributed by atoms with Crippen LogP contribution in [0.15, 0.2) is 84.0 Å². The van der Waals surface area contributed by atoms with Gasteiger partial charge >= 0.3 is 5.97 Å². The molecule has 208 valence electrons. The van der Waals surface area contributed by atoms with E-state index in [2.05, 4.69) is 15.3 Å². The Balaban J connectivity index is 1.33.